The molecule has 1 fully saturated rings. The Hall–Kier alpha value is -3.85. The van der Waals surface area contributed by atoms with E-state index in [0.29, 0.717) is 23.7 Å². The minimum atomic E-state index is -4.53. The number of halogens is 3. The van der Waals surface area contributed by atoms with Crippen LogP contribution < -0.4 is 15.5 Å². The summed E-state index contributed by atoms with van der Waals surface area (Å²) in [6.07, 6.45) is 0.973. The summed E-state index contributed by atoms with van der Waals surface area (Å²) in [4.78, 5) is 21.5. The molecule has 0 spiro atoms. The van der Waals surface area contributed by atoms with E-state index in [9.17, 15) is 18.0 Å². The molecule has 2 aromatic rings. The first kappa shape index (κ1) is 28.2. The standard InChI is InChI=1S/C30H34F3N5O/c1-4-21(3)28(35-24-11-13-25(14-12-24)37-18-16-34-17-19-37)36-29-22(5-2)10-15-27(39)38(29)20-23-8-6-7-9-26(23)30(31,32)33/h5-15,34-35H,4,16-20H2,1-3H3/b22-5-,28-21+,36-29+. The molecule has 9 heteroatoms. The summed E-state index contributed by atoms with van der Waals surface area (Å²) in [7, 11) is 0. The Morgan fingerprint density at radius 2 is 1.77 bits per heavy atom. The number of piperazine rings is 1. The topological polar surface area (TPSA) is 60.0 Å². The Balaban J connectivity index is 1.68. The smallest absolute Gasteiger partial charge is 0.369 e. The van der Waals surface area contributed by atoms with E-state index in [0.717, 1.165) is 49.2 Å². The molecule has 2 aliphatic heterocycles. The predicted octanol–water partition coefficient (Wildman–Crippen LogP) is 6.11. The molecule has 4 rings (SSSR count). The largest absolute Gasteiger partial charge is 0.416 e. The number of nitrogens with one attached hydrogen (secondary N) is 2. The van der Waals surface area contributed by atoms with Crippen molar-refractivity contribution < 1.29 is 18.0 Å². The second-order valence-corrected chi connectivity index (χ2v) is 9.48. The van der Waals surface area contributed by atoms with Crippen LogP contribution in [0.2, 0.25) is 0 Å². The highest BCUT2D eigenvalue weighted by molar-refractivity contribution is 6.15. The third kappa shape index (κ3) is 6.78. The molecular formula is C30H34F3N5O. The van der Waals surface area contributed by atoms with Crippen LogP contribution in [0.5, 0.6) is 0 Å². The van der Waals surface area contributed by atoms with Crippen LogP contribution in [0, 0.1) is 0 Å². The van der Waals surface area contributed by atoms with Gasteiger partial charge in [-0.3, -0.25) is 9.69 Å². The van der Waals surface area contributed by atoms with Gasteiger partial charge in [-0.2, -0.15) is 13.2 Å². The molecule has 206 valence electrons. The highest BCUT2D eigenvalue weighted by Gasteiger charge is 2.34. The second kappa shape index (κ2) is 12.3. The number of allylic oxidation sites excluding steroid dienone is 2. The molecule has 6 nitrogen and oxygen atoms in total. The van der Waals surface area contributed by atoms with E-state index in [1.807, 2.05) is 32.9 Å². The summed E-state index contributed by atoms with van der Waals surface area (Å²) < 4.78 is 41.1. The van der Waals surface area contributed by atoms with Gasteiger partial charge < -0.3 is 15.5 Å². The fourth-order valence-electron chi connectivity index (χ4n) is 4.51. The molecule has 2 aromatic carbocycles. The van der Waals surface area contributed by atoms with Crippen LogP contribution in [0.3, 0.4) is 0 Å². The quantitative estimate of drug-likeness (QED) is 0.447. The van der Waals surface area contributed by atoms with Gasteiger partial charge in [-0.15, -0.1) is 0 Å². The minimum absolute atomic E-state index is 0.00556. The molecular weight excluding hydrogens is 503 g/mol. The number of hydrogen-bond acceptors (Lipinski definition) is 5. The zero-order chi connectivity index (χ0) is 28.0. The number of amidine groups is 1. The second-order valence-electron chi connectivity index (χ2n) is 9.48. The third-order valence-electron chi connectivity index (χ3n) is 6.91. The number of hydrogen-bond donors (Lipinski definition) is 2. The van der Waals surface area contributed by atoms with Gasteiger partial charge in [0.05, 0.1) is 12.1 Å². The molecule has 0 aromatic heterocycles. The first-order chi connectivity index (χ1) is 18.7. The van der Waals surface area contributed by atoms with Crippen LogP contribution >= 0.6 is 0 Å². The molecule has 0 unspecified atom stereocenters. The maximum atomic E-state index is 13.7. The molecule has 2 heterocycles. The summed E-state index contributed by atoms with van der Waals surface area (Å²) in [5.74, 6) is 0.430. The van der Waals surface area contributed by atoms with Crippen molar-refractivity contribution in [3.63, 3.8) is 0 Å². The van der Waals surface area contributed by atoms with Crippen LogP contribution in [-0.2, 0) is 17.5 Å². The number of carbonyl (C=O) groups excluding carboxylic acids is 1. The molecule has 0 saturated carbocycles. The lowest BCUT2D eigenvalue weighted by atomic mass is 10.0. The molecule has 0 bridgehead atoms. The number of benzene rings is 2. The number of rotatable bonds is 7. The minimum Gasteiger partial charge on any atom is -0.369 e. The lowest BCUT2D eigenvalue weighted by Gasteiger charge is -2.29. The summed E-state index contributed by atoms with van der Waals surface area (Å²) >= 11 is 0. The monoisotopic (exact) mass is 537 g/mol. The van der Waals surface area contributed by atoms with Crippen LogP contribution in [0.15, 0.2) is 88.7 Å². The van der Waals surface area contributed by atoms with E-state index in [-0.39, 0.29) is 12.1 Å². The van der Waals surface area contributed by atoms with Gasteiger partial charge in [0, 0.05) is 49.2 Å². The van der Waals surface area contributed by atoms with Crippen molar-refractivity contribution >= 4 is 23.1 Å². The Morgan fingerprint density at radius 3 is 2.41 bits per heavy atom. The zero-order valence-corrected chi connectivity index (χ0v) is 22.5. The van der Waals surface area contributed by atoms with Crippen molar-refractivity contribution in [2.45, 2.75) is 39.9 Å². The third-order valence-corrected chi connectivity index (χ3v) is 6.91. The number of carbonyl (C=O) groups is 1. The Bertz CT molecular complexity index is 1300. The van der Waals surface area contributed by atoms with Gasteiger partial charge in [0.25, 0.3) is 5.91 Å². The van der Waals surface area contributed by atoms with Gasteiger partial charge in [-0.25, -0.2) is 4.99 Å². The zero-order valence-electron chi connectivity index (χ0n) is 22.5. The van der Waals surface area contributed by atoms with Crippen molar-refractivity contribution in [1.29, 1.82) is 0 Å². The van der Waals surface area contributed by atoms with Crippen molar-refractivity contribution in [3.8, 4) is 0 Å². The van der Waals surface area contributed by atoms with Gasteiger partial charge in [0.15, 0.2) is 0 Å². The summed E-state index contributed by atoms with van der Waals surface area (Å²) in [6.45, 7) is 9.29. The molecule has 0 aliphatic carbocycles. The predicted molar refractivity (Wildman–Crippen MR) is 150 cm³/mol. The fraction of sp³-hybridized carbons (Fsp3) is 0.333. The van der Waals surface area contributed by atoms with E-state index >= 15 is 0 Å². The summed E-state index contributed by atoms with van der Waals surface area (Å²) in [6, 6.07) is 13.4. The van der Waals surface area contributed by atoms with Crippen LogP contribution in [0.25, 0.3) is 0 Å². The Kier molecular flexibility index (Phi) is 8.91. The van der Waals surface area contributed by atoms with Crippen LogP contribution in [0.4, 0.5) is 24.5 Å². The first-order valence-electron chi connectivity index (χ1n) is 13.1. The van der Waals surface area contributed by atoms with Gasteiger partial charge >= 0.3 is 6.18 Å². The highest BCUT2D eigenvalue weighted by atomic mass is 19.4. The Labute approximate surface area is 227 Å². The molecule has 39 heavy (non-hydrogen) atoms. The van der Waals surface area contributed by atoms with E-state index < -0.39 is 17.6 Å². The van der Waals surface area contributed by atoms with Crippen LogP contribution in [-0.4, -0.2) is 42.8 Å². The molecule has 2 N–H and O–H groups in total. The maximum Gasteiger partial charge on any atom is 0.416 e. The van der Waals surface area contributed by atoms with Gasteiger partial charge in [0.1, 0.15) is 11.7 Å². The van der Waals surface area contributed by atoms with Crippen molar-refractivity contribution in [2.75, 3.05) is 36.4 Å². The first-order valence-corrected chi connectivity index (χ1v) is 13.1. The molecule has 1 saturated heterocycles. The van der Waals surface area contributed by atoms with Crippen molar-refractivity contribution in [1.82, 2.24) is 10.2 Å². The highest BCUT2D eigenvalue weighted by Crippen LogP contribution is 2.33. The summed E-state index contributed by atoms with van der Waals surface area (Å²) in [5.41, 5.74) is 2.80. The Morgan fingerprint density at radius 1 is 1.08 bits per heavy atom. The average Bonchev–Trinajstić information content (AvgIpc) is 2.94. The average molecular weight is 538 g/mol. The molecule has 0 atom stereocenters. The fourth-order valence-corrected chi connectivity index (χ4v) is 4.51. The number of alkyl halides is 3. The molecule has 1 amide bonds. The van der Waals surface area contributed by atoms with Crippen molar-refractivity contribution in [2.24, 2.45) is 4.99 Å². The van der Waals surface area contributed by atoms with E-state index in [1.165, 1.54) is 23.1 Å². The number of nitrogens with zero attached hydrogens (tertiary/aromatic N) is 3. The number of aliphatic imine (C=N–C) groups is 1. The number of anilines is 2. The van der Waals surface area contributed by atoms with Gasteiger partial charge in [-0.1, -0.05) is 31.2 Å². The lowest BCUT2D eigenvalue weighted by molar-refractivity contribution is -0.138. The van der Waals surface area contributed by atoms with E-state index in [4.69, 9.17) is 4.99 Å². The van der Waals surface area contributed by atoms with Crippen molar-refractivity contribution in [3.05, 3.63) is 94.9 Å². The maximum absolute atomic E-state index is 13.7. The SMILES string of the molecule is C/C=C1/C=CC(=O)N(Cc2ccccc2C(F)(F)F)/C1=N/C(Nc1ccc(N2CCNCC2)cc1)=C(\C)CC. The lowest BCUT2D eigenvalue weighted by Crippen LogP contribution is -2.43. The molecule has 0 radical (unpaired) electrons. The van der Waals surface area contributed by atoms with Crippen LogP contribution in [0.1, 0.15) is 38.3 Å². The molecule has 2 aliphatic rings. The van der Waals surface area contributed by atoms with Gasteiger partial charge in [-0.05, 0) is 67.8 Å². The normalized spacial score (nSPS) is 19.1. The van der Waals surface area contributed by atoms with E-state index in [2.05, 4.69) is 27.7 Å². The van der Waals surface area contributed by atoms with Gasteiger partial charge in [0.2, 0.25) is 0 Å². The van der Waals surface area contributed by atoms with E-state index in [1.54, 1.807) is 18.2 Å². The number of amides is 1. The summed E-state index contributed by atoms with van der Waals surface area (Å²) in [5, 5.41) is 6.73.